The van der Waals surface area contributed by atoms with Crippen molar-refractivity contribution in [3.63, 3.8) is 0 Å². The van der Waals surface area contributed by atoms with Crippen molar-refractivity contribution in [3.8, 4) is 0 Å². The molecule has 0 aromatic carbocycles. The summed E-state index contributed by atoms with van der Waals surface area (Å²) in [5, 5.41) is 0. The highest BCUT2D eigenvalue weighted by Crippen LogP contribution is 2.06. The first kappa shape index (κ1) is 14.6. The molecule has 0 aliphatic carbocycles. The van der Waals surface area contributed by atoms with Crippen LogP contribution in [0, 0.1) is 0 Å². The number of hydrogen-bond acceptors (Lipinski definition) is 4. The van der Waals surface area contributed by atoms with Gasteiger partial charge in [-0.2, -0.15) is 0 Å². The predicted octanol–water partition coefficient (Wildman–Crippen LogP) is 0.733. The van der Waals surface area contributed by atoms with Crippen LogP contribution in [0.1, 0.15) is 19.3 Å². The molecule has 0 amide bonds. The maximum absolute atomic E-state index is 10.9. The quantitative estimate of drug-likeness (QED) is 0.630. The minimum atomic E-state index is -2.87. The Morgan fingerprint density at radius 1 is 1.47 bits per heavy atom. The van der Waals surface area contributed by atoms with Gasteiger partial charge in [-0.05, 0) is 31.4 Å². The van der Waals surface area contributed by atoms with Gasteiger partial charge in [0.05, 0.1) is 12.4 Å². The third-order valence-corrected chi connectivity index (χ3v) is 2.93. The number of sulfone groups is 1. The molecule has 0 saturated heterocycles. The highest BCUT2D eigenvalue weighted by molar-refractivity contribution is 7.90. The van der Waals surface area contributed by atoms with E-state index >= 15 is 0 Å². The summed E-state index contributed by atoms with van der Waals surface area (Å²) in [4.78, 5) is 0. The fourth-order valence-corrected chi connectivity index (χ4v) is 1.77. The highest BCUT2D eigenvalue weighted by atomic mass is 32.2. The molecule has 5 heteroatoms. The lowest BCUT2D eigenvalue weighted by Crippen LogP contribution is -2.04. The van der Waals surface area contributed by atoms with Crippen molar-refractivity contribution in [3.05, 3.63) is 11.6 Å². The van der Waals surface area contributed by atoms with Crippen LogP contribution in [-0.2, 0) is 14.6 Å². The van der Waals surface area contributed by atoms with Gasteiger partial charge in [-0.3, -0.25) is 0 Å². The topological polar surface area (TPSA) is 69.4 Å². The van der Waals surface area contributed by atoms with Crippen LogP contribution in [0.2, 0.25) is 0 Å². The molecule has 0 fully saturated rings. The molecule has 0 radical (unpaired) electrons. The average Bonchev–Trinajstić information content (AvgIpc) is 2.12. The first-order chi connectivity index (χ1) is 6.99. The average molecular weight is 235 g/mol. The maximum atomic E-state index is 10.9. The van der Waals surface area contributed by atoms with E-state index in [4.69, 9.17) is 10.5 Å². The Labute approximate surface area is 92.4 Å². The van der Waals surface area contributed by atoms with Crippen LogP contribution in [0.25, 0.3) is 0 Å². The molecule has 15 heavy (non-hydrogen) atoms. The standard InChI is InChI=1S/C10H21NO3S/c1-14-9-10(5-3-7-11)6-4-8-15(2,12)13/h6H,3-5,7-9,11H2,1-2H3. The third-order valence-electron chi connectivity index (χ3n) is 1.95. The Balaban J connectivity index is 4.04. The summed E-state index contributed by atoms with van der Waals surface area (Å²) in [5.41, 5.74) is 6.54. The molecule has 0 unspecified atom stereocenters. The fourth-order valence-electron chi connectivity index (χ4n) is 1.22. The van der Waals surface area contributed by atoms with E-state index < -0.39 is 9.84 Å². The molecular formula is C10H21NO3S. The fraction of sp³-hybridized carbons (Fsp3) is 0.800. The van der Waals surface area contributed by atoms with Crippen LogP contribution in [0.15, 0.2) is 11.6 Å². The molecule has 0 aromatic rings. The van der Waals surface area contributed by atoms with Gasteiger partial charge in [-0.1, -0.05) is 6.08 Å². The van der Waals surface area contributed by atoms with Crippen molar-refractivity contribution in [1.82, 2.24) is 0 Å². The molecule has 2 N–H and O–H groups in total. The Hall–Kier alpha value is -0.390. The Kier molecular flexibility index (Phi) is 7.64. The molecule has 0 heterocycles. The number of rotatable bonds is 8. The van der Waals surface area contributed by atoms with Crippen molar-refractivity contribution in [2.45, 2.75) is 19.3 Å². The lowest BCUT2D eigenvalue weighted by molar-refractivity contribution is 0.222. The van der Waals surface area contributed by atoms with Gasteiger partial charge in [0, 0.05) is 13.4 Å². The minimum Gasteiger partial charge on any atom is -0.380 e. The first-order valence-corrected chi connectivity index (χ1v) is 7.10. The largest absolute Gasteiger partial charge is 0.380 e. The monoisotopic (exact) mass is 235 g/mol. The van der Waals surface area contributed by atoms with E-state index in [-0.39, 0.29) is 5.75 Å². The van der Waals surface area contributed by atoms with Crippen LogP contribution in [0.4, 0.5) is 0 Å². The Morgan fingerprint density at radius 2 is 2.13 bits per heavy atom. The van der Waals surface area contributed by atoms with Gasteiger partial charge in [-0.25, -0.2) is 8.42 Å². The van der Waals surface area contributed by atoms with E-state index in [1.807, 2.05) is 6.08 Å². The summed E-state index contributed by atoms with van der Waals surface area (Å²) in [6.07, 6.45) is 5.54. The number of hydrogen-bond donors (Lipinski definition) is 1. The van der Waals surface area contributed by atoms with Gasteiger partial charge in [0.15, 0.2) is 0 Å². The van der Waals surface area contributed by atoms with Crippen LogP contribution in [0.5, 0.6) is 0 Å². The molecule has 0 aliphatic heterocycles. The molecular weight excluding hydrogens is 214 g/mol. The van der Waals surface area contributed by atoms with Gasteiger partial charge < -0.3 is 10.5 Å². The van der Waals surface area contributed by atoms with Gasteiger partial charge in [0.25, 0.3) is 0 Å². The molecule has 0 aromatic heterocycles. The van der Waals surface area contributed by atoms with E-state index in [0.717, 1.165) is 18.4 Å². The molecule has 0 saturated carbocycles. The minimum absolute atomic E-state index is 0.197. The summed E-state index contributed by atoms with van der Waals surface area (Å²) >= 11 is 0. The van der Waals surface area contributed by atoms with Crippen molar-refractivity contribution in [2.75, 3.05) is 32.3 Å². The number of methoxy groups -OCH3 is 1. The zero-order valence-electron chi connectivity index (χ0n) is 9.53. The van der Waals surface area contributed by atoms with Gasteiger partial charge >= 0.3 is 0 Å². The molecule has 0 atom stereocenters. The van der Waals surface area contributed by atoms with Gasteiger partial charge in [0.2, 0.25) is 0 Å². The predicted molar refractivity (Wildman–Crippen MR) is 62.6 cm³/mol. The Bertz CT molecular complexity index is 283. The van der Waals surface area contributed by atoms with Crippen LogP contribution >= 0.6 is 0 Å². The molecule has 0 rings (SSSR count). The smallest absolute Gasteiger partial charge is 0.147 e. The lowest BCUT2D eigenvalue weighted by atomic mass is 10.1. The zero-order chi connectivity index (χ0) is 11.7. The van der Waals surface area contributed by atoms with Crippen molar-refractivity contribution in [2.24, 2.45) is 5.73 Å². The van der Waals surface area contributed by atoms with Crippen molar-refractivity contribution >= 4 is 9.84 Å². The van der Waals surface area contributed by atoms with E-state index in [2.05, 4.69) is 0 Å². The summed E-state index contributed by atoms with van der Waals surface area (Å²) in [5.74, 6) is 0.197. The summed E-state index contributed by atoms with van der Waals surface area (Å²) < 4.78 is 26.8. The van der Waals surface area contributed by atoms with E-state index in [1.165, 1.54) is 6.26 Å². The van der Waals surface area contributed by atoms with E-state index in [0.29, 0.717) is 19.6 Å². The second-order valence-electron chi connectivity index (χ2n) is 3.61. The molecule has 0 bridgehead atoms. The number of allylic oxidation sites excluding steroid dienone is 1. The number of nitrogens with two attached hydrogens (primary N) is 1. The van der Waals surface area contributed by atoms with Crippen molar-refractivity contribution in [1.29, 1.82) is 0 Å². The first-order valence-electron chi connectivity index (χ1n) is 5.04. The molecule has 0 aliphatic rings. The van der Waals surface area contributed by atoms with Gasteiger partial charge in [0.1, 0.15) is 9.84 Å². The van der Waals surface area contributed by atoms with E-state index in [9.17, 15) is 8.42 Å². The molecule has 90 valence electrons. The second-order valence-corrected chi connectivity index (χ2v) is 5.87. The van der Waals surface area contributed by atoms with Crippen LogP contribution < -0.4 is 5.73 Å². The SMILES string of the molecule is COCC(=CCCS(C)(=O)=O)CCCN. The number of ether oxygens (including phenoxy) is 1. The van der Waals surface area contributed by atoms with E-state index in [1.54, 1.807) is 7.11 Å². The normalized spacial score (nSPS) is 13.1. The molecule has 4 nitrogen and oxygen atoms in total. The molecule has 0 spiro atoms. The maximum Gasteiger partial charge on any atom is 0.147 e. The van der Waals surface area contributed by atoms with Crippen LogP contribution in [-0.4, -0.2) is 40.7 Å². The zero-order valence-corrected chi connectivity index (χ0v) is 10.3. The third kappa shape index (κ3) is 9.90. The summed E-state index contributed by atoms with van der Waals surface area (Å²) in [6.45, 7) is 1.21. The second kappa shape index (κ2) is 7.84. The summed E-state index contributed by atoms with van der Waals surface area (Å²) in [7, 11) is -1.23. The van der Waals surface area contributed by atoms with Gasteiger partial charge in [-0.15, -0.1) is 0 Å². The lowest BCUT2D eigenvalue weighted by Gasteiger charge is -2.05. The summed E-state index contributed by atoms with van der Waals surface area (Å²) in [6, 6.07) is 0. The van der Waals surface area contributed by atoms with Crippen LogP contribution in [0.3, 0.4) is 0 Å². The highest BCUT2D eigenvalue weighted by Gasteiger charge is 2.01. The van der Waals surface area contributed by atoms with Crippen molar-refractivity contribution < 1.29 is 13.2 Å². The Morgan fingerprint density at radius 3 is 2.60 bits per heavy atom.